The summed E-state index contributed by atoms with van der Waals surface area (Å²) in [6.45, 7) is 10.3. The summed E-state index contributed by atoms with van der Waals surface area (Å²) in [7, 11) is 1.32. The van der Waals surface area contributed by atoms with E-state index in [1.807, 2.05) is 19.1 Å². The molecule has 1 saturated heterocycles. The summed E-state index contributed by atoms with van der Waals surface area (Å²) < 4.78 is 10.6. The highest BCUT2D eigenvalue weighted by atomic mass is 16.5. The van der Waals surface area contributed by atoms with Gasteiger partial charge in [0.05, 0.1) is 19.3 Å². The predicted molar refractivity (Wildman–Crippen MR) is 99.9 cm³/mol. The number of carbonyl (C=O) groups is 2. The van der Waals surface area contributed by atoms with Crippen LogP contribution in [0.2, 0.25) is 0 Å². The van der Waals surface area contributed by atoms with Crippen LogP contribution in [0.3, 0.4) is 0 Å². The van der Waals surface area contributed by atoms with Crippen molar-refractivity contribution < 1.29 is 19.1 Å². The van der Waals surface area contributed by atoms with Gasteiger partial charge in [0.15, 0.2) is 0 Å². The molecule has 3 unspecified atom stereocenters. The van der Waals surface area contributed by atoms with Gasteiger partial charge in [0.25, 0.3) is 5.91 Å². The lowest BCUT2D eigenvalue weighted by Crippen LogP contribution is -2.52. The molecule has 0 radical (unpaired) electrons. The van der Waals surface area contributed by atoms with Crippen LogP contribution in [0.5, 0.6) is 0 Å². The molecule has 6 heteroatoms. The minimum Gasteiger partial charge on any atom is -0.467 e. The SMILES string of the molecule is CCC(C)(NC(=O)c1ccc(CN2CC(C)OC(C)C2)cc1)C(=O)OC. The third-order valence-electron chi connectivity index (χ3n) is 4.85. The van der Waals surface area contributed by atoms with E-state index in [0.717, 1.165) is 25.2 Å². The van der Waals surface area contributed by atoms with Crippen LogP contribution < -0.4 is 5.32 Å². The Balaban J connectivity index is 2.00. The summed E-state index contributed by atoms with van der Waals surface area (Å²) in [5, 5.41) is 2.78. The highest BCUT2D eigenvalue weighted by Gasteiger charge is 2.34. The van der Waals surface area contributed by atoms with E-state index < -0.39 is 11.5 Å². The second-order valence-electron chi connectivity index (χ2n) is 7.28. The third-order valence-corrected chi connectivity index (χ3v) is 4.85. The standard InChI is InChI=1S/C20H30N2O4/c1-6-20(4,19(24)25-5)21-18(23)17-9-7-16(8-10-17)13-22-11-14(2)26-15(3)12-22/h7-10,14-15H,6,11-13H2,1-5H3,(H,21,23). The maximum absolute atomic E-state index is 12.5. The van der Waals surface area contributed by atoms with Gasteiger partial charge in [-0.3, -0.25) is 9.69 Å². The van der Waals surface area contributed by atoms with Crippen LogP contribution >= 0.6 is 0 Å². The summed E-state index contributed by atoms with van der Waals surface area (Å²) in [6.07, 6.45) is 0.916. The molecule has 6 nitrogen and oxygen atoms in total. The van der Waals surface area contributed by atoms with Gasteiger partial charge in [-0.1, -0.05) is 19.1 Å². The molecule has 0 aromatic heterocycles. The first kappa shape index (κ1) is 20.4. The van der Waals surface area contributed by atoms with Crippen molar-refractivity contribution in [2.75, 3.05) is 20.2 Å². The Morgan fingerprint density at radius 3 is 2.31 bits per heavy atom. The molecule has 26 heavy (non-hydrogen) atoms. The molecule has 1 fully saturated rings. The normalized spacial score (nSPS) is 23.1. The number of nitrogens with zero attached hydrogens (tertiary/aromatic N) is 1. The Morgan fingerprint density at radius 1 is 1.23 bits per heavy atom. The van der Waals surface area contributed by atoms with Crippen molar-refractivity contribution in [3.8, 4) is 0 Å². The molecule has 2 rings (SSSR count). The number of amides is 1. The van der Waals surface area contributed by atoms with E-state index in [1.54, 1.807) is 19.1 Å². The molecule has 1 aliphatic heterocycles. The number of hydrogen-bond acceptors (Lipinski definition) is 5. The average molecular weight is 362 g/mol. The van der Waals surface area contributed by atoms with Crippen LogP contribution in [0.1, 0.15) is 50.0 Å². The predicted octanol–water partition coefficient (Wildman–Crippen LogP) is 2.37. The first-order valence-electron chi connectivity index (χ1n) is 9.15. The topological polar surface area (TPSA) is 67.9 Å². The lowest BCUT2D eigenvalue weighted by Gasteiger charge is -2.35. The van der Waals surface area contributed by atoms with Crippen molar-refractivity contribution in [3.05, 3.63) is 35.4 Å². The monoisotopic (exact) mass is 362 g/mol. The lowest BCUT2D eigenvalue weighted by molar-refractivity contribution is -0.147. The molecular weight excluding hydrogens is 332 g/mol. The highest BCUT2D eigenvalue weighted by Crippen LogP contribution is 2.16. The molecule has 1 amide bonds. The molecule has 0 spiro atoms. The Hall–Kier alpha value is -1.92. The van der Waals surface area contributed by atoms with Crippen LogP contribution in [-0.2, 0) is 20.8 Å². The molecule has 0 bridgehead atoms. The quantitative estimate of drug-likeness (QED) is 0.787. The maximum atomic E-state index is 12.5. The zero-order valence-corrected chi connectivity index (χ0v) is 16.4. The van der Waals surface area contributed by atoms with Crippen molar-refractivity contribution in [2.24, 2.45) is 0 Å². The van der Waals surface area contributed by atoms with Gasteiger partial charge >= 0.3 is 5.97 Å². The van der Waals surface area contributed by atoms with Gasteiger partial charge < -0.3 is 14.8 Å². The summed E-state index contributed by atoms with van der Waals surface area (Å²) in [6, 6.07) is 7.51. The number of benzene rings is 1. The molecule has 1 N–H and O–H groups in total. The van der Waals surface area contributed by atoms with E-state index in [0.29, 0.717) is 12.0 Å². The Kier molecular flexibility index (Phi) is 6.78. The number of ether oxygens (including phenoxy) is 2. The summed E-state index contributed by atoms with van der Waals surface area (Å²) in [5.74, 6) is -0.722. The van der Waals surface area contributed by atoms with Crippen molar-refractivity contribution in [3.63, 3.8) is 0 Å². The van der Waals surface area contributed by atoms with Crippen molar-refractivity contribution in [1.82, 2.24) is 10.2 Å². The smallest absolute Gasteiger partial charge is 0.331 e. The van der Waals surface area contributed by atoms with E-state index in [-0.39, 0.29) is 18.1 Å². The number of esters is 1. The van der Waals surface area contributed by atoms with Gasteiger partial charge in [0.1, 0.15) is 5.54 Å². The summed E-state index contributed by atoms with van der Waals surface area (Å²) in [4.78, 5) is 26.7. The zero-order chi connectivity index (χ0) is 19.3. The fraction of sp³-hybridized carbons (Fsp3) is 0.600. The molecule has 144 valence electrons. The average Bonchev–Trinajstić information content (AvgIpc) is 2.60. The van der Waals surface area contributed by atoms with E-state index >= 15 is 0 Å². The summed E-state index contributed by atoms with van der Waals surface area (Å²) in [5.41, 5.74) is 0.653. The van der Waals surface area contributed by atoms with E-state index in [9.17, 15) is 9.59 Å². The van der Waals surface area contributed by atoms with E-state index in [4.69, 9.17) is 9.47 Å². The van der Waals surface area contributed by atoms with Crippen LogP contribution in [0.25, 0.3) is 0 Å². The van der Waals surface area contributed by atoms with Crippen molar-refractivity contribution >= 4 is 11.9 Å². The number of methoxy groups -OCH3 is 1. The Morgan fingerprint density at radius 2 is 1.81 bits per heavy atom. The largest absolute Gasteiger partial charge is 0.467 e. The third kappa shape index (κ3) is 5.05. The van der Waals surface area contributed by atoms with Crippen LogP contribution in [0.15, 0.2) is 24.3 Å². The van der Waals surface area contributed by atoms with Crippen LogP contribution in [-0.4, -0.2) is 54.7 Å². The molecule has 1 heterocycles. The van der Waals surface area contributed by atoms with Crippen LogP contribution in [0, 0.1) is 0 Å². The number of nitrogens with one attached hydrogen (secondary N) is 1. The minimum atomic E-state index is -1.02. The Bertz CT molecular complexity index is 621. The Labute approximate surface area is 155 Å². The van der Waals surface area contributed by atoms with Gasteiger partial charge in [-0.25, -0.2) is 4.79 Å². The molecule has 1 aromatic rings. The molecule has 1 aromatic carbocycles. The van der Waals surface area contributed by atoms with E-state index in [2.05, 4.69) is 24.1 Å². The lowest BCUT2D eigenvalue weighted by atomic mass is 9.98. The molecule has 0 aliphatic carbocycles. The first-order chi connectivity index (χ1) is 12.3. The maximum Gasteiger partial charge on any atom is 0.331 e. The number of morpholine rings is 1. The van der Waals surface area contributed by atoms with E-state index in [1.165, 1.54) is 7.11 Å². The van der Waals surface area contributed by atoms with Gasteiger partial charge in [-0.05, 0) is 44.9 Å². The molecular formula is C20H30N2O4. The second-order valence-corrected chi connectivity index (χ2v) is 7.28. The number of carbonyl (C=O) groups excluding carboxylic acids is 2. The van der Waals surface area contributed by atoms with Crippen LogP contribution in [0.4, 0.5) is 0 Å². The fourth-order valence-corrected chi connectivity index (χ4v) is 3.26. The highest BCUT2D eigenvalue weighted by molar-refractivity contribution is 5.98. The zero-order valence-electron chi connectivity index (χ0n) is 16.4. The second kappa shape index (κ2) is 8.64. The fourth-order valence-electron chi connectivity index (χ4n) is 3.26. The molecule has 0 saturated carbocycles. The number of hydrogen-bond donors (Lipinski definition) is 1. The minimum absolute atomic E-state index is 0.230. The summed E-state index contributed by atoms with van der Waals surface area (Å²) >= 11 is 0. The van der Waals surface area contributed by atoms with Gasteiger partial charge in [0, 0.05) is 25.2 Å². The first-order valence-corrected chi connectivity index (χ1v) is 9.15. The van der Waals surface area contributed by atoms with Crippen molar-refractivity contribution in [2.45, 2.75) is 58.4 Å². The van der Waals surface area contributed by atoms with Gasteiger partial charge in [-0.2, -0.15) is 0 Å². The number of rotatable bonds is 6. The van der Waals surface area contributed by atoms with Gasteiger partial charge in [-0.15, -0.1) is 0 Å². The van der Waals surface area contributed by atoms with Gasteiger partial charge in [0.2, 0.25) is 0 Å². The molecule has 1 aliphatic rings. The van der Waals surface area contributed by atoms with Crippen molar-refractivity contribution in [1.29, 1.82) is 0 Å². The molecule has 3 atom stereocenters.